The molecule has 0 radical (unpaired) electrons. The Hall–Kier alpha value is -0.810. The third kappa shape index (κ3) is 5.35. The maximum Gasteiger partial charge on any atom is 0.217 e. The Morgan fingerprint density at radius 1 is 1.13 bits per heavy atom. The number of carbonyl (C=O) groups is 1. The number of ether oxygens (including phenoxy) is 1. The summed E-state index contributed by atoms with van der Waals surface area (Å²) in [4.78, 5) is 11.2. The summed E-state index contributed by atoms with van der Waals surface area (Å²) in [5.74, 6) is -0.386. The zero-order valence-electron chi connectivity index (χ0n) is 13.2. The Morgan fingerprint density at radius 2 is 1.70 bits per heavy atom. The second-order valence-electron chi connectivity index (χ2n) is 5.98. The summed E-state index contributed by atoms with van der Waals surface area (Å²) in [5, 5.41) is 60.4. The molecule has 9 heteroatoms. The van der Waals surface area contributed by atoms with Gasteiger partial charge in [0.1, 0.15) is 24.4 Å². The highest BCUT2D eigenvalue weighted by molar-refractivity contribution is 5.73. The van der Waals surface area contributed by atoms with Gasteiger partial charge >= 0.3 is 0 Å². The summed E-state index contributed by atoms with van der Waals surface area (Å²) in [5.41, 5.74) is 0. The lowest BCUT2D eigenvalue weighted by Gasteiger charge is -2.40. The van der Waals surface area contributed by atoms with Gasteiger partial charge < -0.3 is 40.7 Å². The topological polar surface area (TPSA) is 160 Å². The van der Waals surface area contributed by atoms with Crippen LogP contribution in [0.3, 0.4) is 0 Å². The summed E-state index contributed by atoms with van der Waals surface area (Å²) in [6, 6.07) is -0.764. The summed E-state index contributed by atoms with van der Waals surface area (Å²) in [6.07, 6.45) is -8.13. The van der Waals surface area contributed by atoms with Crippen molar-refractivity contribution in [2.75, 3.05) is 6.61 Å². The Morgan fingerprint density at radius 3 is 2.17 bits per heavy atom. The number of carbonyl (C=O) groups excluding carboxylic acids is 1. The van der Waals surface area contributed by atoms with Gasteiger partial charge in [-0.3, -0.25) is 4.79 Å². The first-order valence-electron chi connectivity index (χ1n) is 7.62. The molecule has 1 amide bonds. The van der Waals surface area contributed by atoms with Crippen molar-refractivity contribution in [2.45, 2.75) is 75.5 Å². The van der Waals surface area contributed by atoms with E-state index in [1.54, 1.807) is 0 Å². The molecular formula is C14H27NO8. The van der Waals surface area contributed by atoms with Gasteiger partial charge in [-0.05, 0) is 19.8 Å². The highest BCUT2D eigenvalue weighted by Gasteiger charge is 2.43. The molecule has 1 aliphatic heterocycles. The molecule has 1 rings (SSSR count). The first-order valence-corrected chi connectivity index (χ1v) is 7.62. The molecule has 0 aromatic carbocycles. The zero-order chi connectivity index (χ0) is 17.7. The number of aliphatic hydroxyl groups is 6. The molecule has 0 aromatic rings. The molecule has 9 nitrogen and oxygen atoms in total. The van der Waals surface area contributed by atoms with Crippen LogP contribution in [0, 0.1) is 0 Å². The van der Waals surface area contributed by atoms with Crippen molar-refractivity contribution in [3.05, 3.63) is 0 Å². The van der Waals surface area contributed by atoms with Crippen LogP contribution in [0.15, 0.2) is 0 Å². The molecule has 23 heavy (non-hydrogen) atoms. The van der Waals surface area contributed by atoms with Crippen molar-refractivity contribution in [1.29, 1.82) is 0 Å². The van der Waals surface area contributed by atoms with E-state index in [1.165, 1.54) is 13.8 Å². The van der Waals surface area contributed by atoms with Gasteiger partial charge in [-0.15, -0.1) is 0 Å². The van der Waals surface area contributed by atoms with Crippen molar-refractivity contribution in [3.63, 3.8) is 0 Å². The molecule has 1 saturated heterocycles. The highest BCUT2D eigenvalue weighted by Crippen LogP contribution is 2.25. The quantitative estimate of drug-likeness (QED) is 0.256. The van der Waals surface area contributed by atoms with Gasteiger partial charge in [-0.2, -0.15) is 0 Å². The Labute approximate surface area is 134 Å². The third-order valence-corrected chi connectivity index (χ3v) is 4.05. The average Bonchev–Trinajstić information content (AvgIpc) is 2.49. The Bertz CT molecular complexity index is 378. The van der Waals surface area contributed by atoms with E-state index in [0.29, 0.717) is 0 Å². The standard InChI is InChI=1S/C14H27NO8/c1-6(17)11(19)8(15-7(2)18)3-4-9-12(20)14(22)13(21)10(5-16)23-9/h6,8-14,16-17,19-22H,3-5H2,1-2H3,(H,15,18)/t6-,8+,9-,10?,11?,12?,13+,14?/m1/s1. The van der Waals surface area contributed by atoms with Crippen LogP contribution in [0.4, 0.5) is 0 Å². The molecule has 0 bridgehead atoms. The van der Waals surface area contributed by atoms with Crippen LogP contribution >= 0.6 is 0 Å². The molecule has 7 N–H and O–H groups in total. The van der Waals surface area contributed by atoms with Gasteiger partial charge in [-0.1, -0.05) is 0 Å². The summed E-state index contributed by atoms with van der Waals surface area (Å²) in [6.45, 7) is 2.13. The second kappa shape index (κ2) is 8.88. The largest absolute Gasteiger partial charge is 0.394 e. The lowest BCUT2D eigenvalue weighted by atomic mass is 9.90. The average molecular weight is 337 g/mol. The van der Waals surface area contributed by atoms with E-state index in [9.17, 15) is 30.3 Å². The molecule has 4 unspecified atom stereocenters. The molecule has 0 aliphatic carbocycles. The van der Waals surface area contributed by atoms with Crippen molar-refractivity contribution >= 4 is 5.91 Å². The smallest absolute Gasteiger partial charge is 0.217 e. The first-order chi connectivity index (χ1) is 10.7. The van der Waals surface area contributed by atoms with Crippen LogP contribution in [0.1, 0.15) is 26.7 Å². The van der Waals surface area contributed by atoms with E-state index in [-0.39, 0.29) is 18.7 Å². The summed E-state index contributed by atoms with van der Waals surface area (Å²) in [7, 11) is 0. The molecule has 8 atom stereocenters. The van der Waals surface area contributed by atoms with Crippen LogP contribution in [-0.2, 0) is 9.53 Å². The number of hydrogen-bond acceptors (Lipinski definition) is 8. The molecule has 0 saturated carbocycles. The fourth-order valence-electron chi connectivity index (χ4n) is 2.69. The van der Waals surface area contributed by atoms with Crippen LogP contribution in [0.25, 0.3) is 0 Å². The van der Waals surface area contributed by atoms with Crippen LogP contribution in [0.5, 0.6) is 0 Å². The Balaban J connectivity index is 2.69. The zero-order valence-corrected chi connectivity index (χ0v) is 13.2. The number of amides is 1. The lowest BCUT2D eigenvalue weighted by molar-refractivity contribution is -0.231. The van der Waals surface area contributed by atoms with Gasteiger partial charge in [0.25, 0.3) is 0 Å². The number of rotatable bonds is 7. The van der Waals surface area contributed by atoms with E-state index in [0.717, 1.165) is 0 Å². The predicted molar refractivity (Wildman–Crippen MR) is 78.3 cm³/mol. The van der Waals surface area contributed by atoms with Gasteiger partial charge in [0.2, 0.25) is 5.91 Å². The van der Waals surface area contributed by atoms with Gasteiger partial charge in [0, 0.05) is 6.92 Å². The predicted octanol–water partition coefficient (Wildman–Crippen LogP) is -3.14. The van der Waals surface area contributed by atoms with Crippen molar-refractivity contribution in [3.8, 4) is 0 Å². The molecule has 0 aromatic heterocycles. The maximum absolute atomic E-state index is 11.2. The monoisotopic (exact) mass is 337 g/mol. The van der Waals surface area contributed by atoms with Gasteiger partial charge in [-0.25, -0.2) is 0 Å². The highest BCUT2D eigenvalue weighted by atomic mass is 16.5. The number of hydrogen-bond donors (Lipinski definition) is 7. The minimum Gasteiger partial charge on any atom is -0.394 e. The fourth-order valence-corrected chi connectivity index (χ4v) is 2.69. The van der Waals surface area contributed by atoms with Crippen LogP contribution in [0.2, 0.25) is 0 Å². The van der Waals surface area contributed by atoms with Crippen molar-refractivity contribution in [1.82, 2.24) is 5.32 Å². The Kier molecular flexibility index (Phi) is 7.81. The molecule has 1 heterocycles. The van der Waals surface area contributed by atoms with Crippen molar-refractivity contribution in [2.24, 2.45) is 0 Å². The lowest BCUT2D eigenvalue weighted by Crippen LogP contribution is -2.58. The number of nitrogens with one attached hydrogen (secondary N) is 1. The first kappa shape index (κ1) is 20.2. The molecule has 0 spiro atoms. The molecular weight excluding hydrogens is 310 g/mol. The minimum absolute atomic E-state index is 0.135. The van der Waals surface area contributed by atoms with Gasteiger partial charge in [0.15, 0.2) is 0 Å². The van der Waals surface area contributed by atoms with E-state index < -0.39 is 55.4 Å². The van der Waals surface area contributed by atoms with Crippen molar-refractivity contribution < 1.29 is 40.2 Å². The van der Waals surface area contributed by atoms with E-state index in [1.807, 2.05) is 0 Å². The maximum atomic E-state index is 11.2. The number of aliphatic hydroxyl groups excluding tert-OH is 6. The molecule has 1 aliphatic rings. The van der Waals surface area contributed by atoms with E-state index in [4.69, 9.17) is 9.84 Å². The normalized spacial score (nSPS) is 35.4. The summed E-state index contributed by atoms with van der Waals surface area (Å²) < 4.78 is 5.36. The minimum atomic E-state index is -1.47. The molecule has 136 valence electrons. The SMILES string of the molecule is CC(=O)N[C@@H](CC[C@H]1OC(CO)[C@H](O)C(O)C1O)C(O)[C@@H](C)O. The summed E-state index contributed by atoms with van der Waals surface area (Å²) >= 11 is 0. The van der Waals surface area contributed by atoms with Crippen LogP contribution < -0.4 is 5.32 Å². The fraction of sp³-hybridized carbons (Fsp3) is 0.929. The van der Waals surface area contributed by atoms with Gasteiger partial charge in [0.05, 0.1) is 31.0 Å². The third-order valence-electron chi connectivity index (χ3n) is 4.05. The molecule has 1 fully saturated rings. The van der Waals surface area contributed by atoms with E-state index >= 15 is 0 Å². The van der Waals surface area contributed by atoms with E-state index in [2.05, 4.69) is 5.32 Å². The van der Waals surface area contributed by atoms with Crippen LogP contribution in [-0.4, -0.2) is 91.9 Å². The second-order valence-corrected chi connectivity index (χ2v) is 5.98.